The topological polar surface area (TPSA) is 194 Å². The van der Waals surface area contributed by atoms with Crippen molar-refractivity contribution >= 4 is 44.6 Å². The Morgan fingerprint density at radius 3 is 1.41 bits per heavy atom. The summed E-state index contributed by atoms with van der Waals surface area (Å²) in [7, 11) is -9.51. The van der Waals surface area contributed by atoms with Crippen molar-refractivity contribution in [2.75, 3.05) is 19.0 Å². The molecule has 0 aliphatic carbocycles. The van der Waals surface area contributed by atoms with Crippen LogP contribution in [0.1, 0.15) is 114 Å². The third kappa shape index (κ3) is 16.2. The highest BCUT2D eigenvalue weighted by Gasteiger charge is 2.61. The molecule has 4 aliphatic rings. The van der Waals surface area contributed by atoms with E-state index in [1.165, 1.54) is 23.9 Å². The molecule has 4 saturated heterocycles. The van der Waals surface area contributed by atoms with Gasteiger partial charge in [0, 0.05) is 0 Å². The molecule has 0 spiro atoms. The van der Waals surface area contributed by atoms with Gasteiger partial charge in [-0.25, -0.2) is 17.9 Å². The summed E-state index contributed by atoms with van der Waals surface area (Å²) in [6.45, 7) is 30.6. The van der Waals surface area contributed by atoms with Gasteiger partial charge in [0.15, 0.2) is 47.5 Å². The number of nitrogens with one attached hydrogen (secondary N) is 1. The van der Waals surface area contributed by atoms with E-state index in [0.29, 0.717) is 5.75 Å². The summed E-state index contributed by atoms with van der Waals surface area (Å²) in [4.78, 5) is 13.9. The lowest BCUT2D eigenvalue weighted by Crippen LogP contribution is -2.68. The zero-order chi connectivity index (χ0) is 62.8. The minimum absolute atomic E-state index is 0.00276. The number of thioether (sulfide) groups is 1. The van der Waals surface area contributed by atoms with Crippen LogP contribution in [0.25, 0.3) is 0 Å². The quantitative estimate of drug-likeness (QED) is 0.0369. The lowest BCUT2D eigenvalue weighted by Gasteiger charge is -2.51. The highest BCUT2D eigenvalue weighted by Crippen LogP contribution is 2.46. The van der Waals surface area contributed by atoms with Crippen molar-refractivity contribution < 1.29 is 74.5 Å². The van der Waals surface area contributed by atoms with Crippen LogP contribution in [0, 0.1) is 0 Å². The van der Waals surface area contributed by atoms with Gasteiger partial charge in [0.1, 0.15) is 48.2 Å². The molecule has 4 heterocycles. The molecule has 4 aliphatic heterocycles. The Bertz CT molecular complexity index is 2780. The molecule has 4 aromatic rings. The first-order valence-electron chi connectivity index (χ1n) is 31.3. The number of benzene rings is 4. The molecule has 0 bridgehead atoms. The molecule has 0 radical (unpaired) electrons. The minimum Gasteiger partial charge on any atom is -0.424 e. The maximum Gasteiger partial charge on any atom is 0.509 e. The van der Waals surface area contributed by atoms with E-state index in [4.69, 9.17) is 56.2 Å². The Hall–Kier alpha value is -3.60. The molecular formula is C66H97NO16S2Si2. The lowest BCUT2D eigenvalue weighted by molar-refractivity contribution is -0.375. The Balaban J connectivity index is 1.25. The lowest BCUT2D eigenvalue weighted by atomic mass is 9.95. The Kier molecular flexibility index (Phi) is 24.8. The monoisotopic (exact) mass is 1280 g/mol. The third-order valence-electron chi connectivity index (χ3n) is 18.0. The van der Waals surface area contributed by atoms with Crippen LogP contribution in [-0.4, -0.2) is 146 Å². The fourth-order valence-corrected chi connectivity index (χ4v) is 27.3. The van der Waals surface area contributed by atoms with Crippen LogP contribution >= 0.6 is 11.8 Å². The number of hydrogen-bond donors (Lipinski definition) is 2. The smallest absolute Gasteiger partial charge is 0.424 e. The largest absolute Gasteiger partial charge is 0.509 e. The molecule has 482 valence electrons. The number of aliphatic hydroxyl groups is 1. The number of carbonyl (C=O) groups excluding carboxylic acids is 1. The van der Waals surface area contributed by atoms with Gasteiger partial charge in [0.25, 0.3) is 0 Å². The van der Waals surface area contributed by atoms with Crippen molar-refractivity contribution in [2.45, 2.75) is 246 Å². The summed E-state index contributed by atoms with van der Waals surface area (Å²) >= 11 is 1.37. The summed E-state index contributed by atoms with van der Waals surface area (Å²) in [5.74, 6) is 0.508. The molecule has 21 heteroatoms. The fraction of sp³-hybridized carbons (Fsp3) is 0.621. The molecule has 2 N–H and O–H groups in total. The number of hydrogen-bond acceptors (Lipinski definition) is 17. The predicted octanol–water partition coefficient (Wildman–Crippen LogP) is 12.5. The average Bonchev–Trinajstić information content (AvgIpc) is 1.84. The molecule has 0 amide bonds. The van der Waals surface area contributed by atoms with Crippen LogP contribution in [-0.2, 0) is 86.1 Å². The van der Waals surface area contributed by atoms with Crippen LogP contribution in [0.15, 0.2) is 126 Å². The standard InChI is InChI=1S/C66H97NO16S2Si2/c1-15-84-65-54(67-85(70,71)51-34-26-19-27-35-51)58(55(68)52(79-65)39-75-86(41(2)3,42(4)5)43(6)7)80-64-62(60-57(82-66(69)83-60)53(78-64)40-76-87(44(8)9,45(10)11)46(12)13)81-63-61(74-38-50-32-24-18-25-33-50)59(73-37-49-30-22-17-23-31-49)56(47(14)77-63)72-36-48-28-20-16-21-29-48/h16-35,41-47,52-65,67-68H,15,36-40H2,1-14H3/t47?,52?,53?,54?,55-,56+,57-,58+,59?,60?,61+,62-,63-,64-,65-/m0/s1. The Morgan fingerprint density at radius 1 is 0.529 bits per heavy atom. The summed E-state index contributed by atoms with van der Waals surface area (Å²) < 4.78 is 116. The van der Waals surface area contributed by atoms with Crippen molar-refractivity contribution in [3.8, 4) is 0 Å². The van der Waals surface area contributed by atoms with Gasteiger partial charge in [0.05, 0.1) is 50.1 Å². The van der Waals surface area contributed by atoms with E-state index in [9.17, 15) is 18.3 Å². The van der Waals surface area contributed by atoms with E-state index < -0.39 is 124 Å². The van der Waals surface area contributed by atoms with E-state index in [-0.39, 0.29) is 71.2 Å². The Morgan fingerprint density at radius 2 is 0.943 bits per heavy atom. The normalized spacial score (nSPS) is 29.1. The van der Waals surface area contributed by atoms with Crippen LogP contribution in [0.2, 0.25) is 33.2 Å². The fourth-order valence-electron chi connectivity index (χ4n) is 14.0. The minimum atomic E-state index is -4.31. The summed E-state index contributed by atoms with van der Waals surface area (Å²) in [5.41, 5.74) is 2.98. The maximum absolute atomic E-state index is 14.7. The van der Waals surface area contributed by atoms with E-state index in [1.54, 1.807) is 18.2 Å². The second-order valence-electron chi connectivity index (χ2n) is 25.4. The van der Waals surface area contributed by atoms with E-state index in [1.807, 2.05) is 105 Å². The van der Waals surface area contributed by atoms with Crippen LogP contribution in [0.5, 0.6) is 0 Å². The molecule has 0 saturated carbocycles. The molecule has 17 nitrogen and oxygen atoms in total. The van der Waals surface area contributed by atoms with Crippen LogP contribution < -0.4 is 4.72 Å². The number of carbonyl (C=O) groups is 1. The first-order valence-corrected chi connectivity index (χ1v) is 38.1. The predicted molar refractivity (Wildman–Crippen MR) is 340 cm³/mol. The molecule has 8 rings (SSSR count). The highest BCUT2D eigenvalue weighted by molar-refractivity contribution is 7.99. The van der Waals surface area contributed by atoms with E-state index in [0.717, 1.165) is 16.7 Å². The van der Waals surface area contributed by atoms with E-state index in [2.05, 4.69) is 87.8 Å². The van der Waals surface area contributed by atoms with Crippen molar-refractivity contribution in [3.05, 3.63) is 138 Å². The third-order valence-corrected chi connectivity index (χ3v) is 32.7. The van der Waals surface area contributed by atoms with Gasteiger partial charge in [-0.05, 0) is 74.7 Å². The second-order valence-corrected chi connectivity index (χ2v) is 39.4. The average molecular weight is 1280 g/mol. The zero-order valence-corrected chi connectivity index (χ0v) is 56.9. The van der Waals surface area contributed by atoms with E-state index >= 15 is 0 Å². The van der Waals surface area contributed by atoms with Gasteiger partial charge in [-0.1, -0.05) is 199 Å². The summed E-state index contributed by atoms with van der Waals surface area (Å²) in [5, 5.41) is 13.1. The van der Waals surface area contributed by atoms with Crippen molar-refractivity contribution in [1.82, 2.24) is 4.72 Å². The second kappa shape index (κ2) is 31.1. The first-order chi connectivity index (χ1) is 41.5. The SMILES string of the molecule is CCS[C@@H]1OC(CO[Si](C(C)C)(C(C)C)C(C)C)[C@H](O)[C@H](O[C@@H]2OC(CO[Si](C(C)C)(C(C)C)C(C)C)[C@@H]3OC(=O)OC3[C@@H]2O[C@@H]2OC(C)[C@@H](OCc3ccccc3)C(OCc3ccccc3)[C@H]2OCc2ccccc2)C1NS(=O)(=O)c1ccccc1. The van der Waals surface area contributed by atoms with Crippen molar-refractivity contribution in [2.24, 2.45) is 0 Å². The molecule has 4 aromatic carbocycles. The van der Waals surface area contributed by atoms with Gasteiger partial charge in [-0.15, -0.1) is 11.8 Å². The molecule has 0 aromatic heterocycles. The molecule has 15 atom stereocenters. The molecule has 4 fully saturated rings. The molecular weight excluding hydrogens is 1180 g/mol. The number of sulfonamides is 1. The zero-order valence-electron chi connectivity index (χ0n) is 53.3. The van der Waals surface area contributed by atoms with Gasteiger partial charge in [-0.3, -0.25) is 0 Å². The number of rotatable bonds is 30. The first kappa shape index (κ1) is 69.3. The van der Waals surface area contributed by atoms with Gasteiger partial charge >= 0.3 is 6.16 Å². The van der Waals surface area contributed by atoms with Crippen molar-refractivity contribution in [3.63, 3.8) is 0 Å². The highest BCUT2D eigenvalue weighted by atomic mass is 32.2. The number of ether oxygens (including phenoxy) is 10. The molecule has 87 heavy (non-hydrogen) atoms. The maximum atomic E-state index is 14.7. The van der Waals surface area contributed by atoms with Gasteiger partial charge in [0.2, 0.25) is 10.0 Å². The van der Waals surface area contributed by atoms with Gasteiger partial charge < -0.3 is 61.3 Å². The Labute approximate surface area is 524 Å². The number of fused-ring (bicyclic) bond motifs is 1. The summed E-state index contributed by atoms with van der Waals surface area (Å²) in [6, 6.07) is 36.2. The van der Waals surface area contributed by atoms with Gasteiger partial charge in [-0.2, -0.15) is 0 Å². The number of aliphatic hydroxyl groups excluding tert-OH is 1. The van der Waals surface area contributed by atoms with Crippen LogP contribution in [0.3, 0.4) is 0 Å². The van der Waals surface area contributed by atoms with Crippen LogP contribution in [0.4, 0.5) is 4.79 Å². The van der Waals surface area contributed by atoms with Crippen molar-refractivity contribution in [1.29, 1.82) is 0 Å². The molecule has 6 unspecified atom stereocenters. The summed E-state index contributed by atoms with van der Waals surface area (Å²) in [6.07, 6.45) is -15.7.